The molecular formula is C14H19N3O8S2. The molecule has 11 nitrogen and oxygen atoms in total. The molecule has 0 saturated carbocycles. The maximum Gasteiger partial charge on any atom is 0.333 e. The zero-order valence-corrected chi connectivity index (χ0v) is 15.8. The van der Waals surface area contributed by atoms with Crippen LogP contribution in [0.15, 0.2) is 0 Å². The summed E-state index contributed by atoms with van der Waals surface area (Å²) >= 11 is 1.75. The molecule has 0 aromatic heterocycles. The van der Waals surface area contributed by atoms with Gasteiger partial charge in [-0.2, -0.15) is 20.2 Å². The van der Waals surface area contributed by atoms with Crippen molar-refractivity contribution in [3.05, 3.63) is 0 Å². The second-order valence-electron chi connectivity index (χ2n) is 6.57. The SMILES string of the molecule is O=C1N[C@H]2[C@H](CS[C@H]2CCCCC(=O)ON2C(=O)C[C@@H](S(=O)(=O)O)C2=O)N1. The predicted molar refractivity (Wildman–Crippen MR) is 91.9 cm³/mol. The molecule has 0 spiro atoms. The predicted octanol–water partition coefficient (Wildman–Crippen LogP) is -0.814. The molecule has 150 valence electrons. The molecule has 0 unspecified atom stereocenters. The maximum absolute atomic E-state index is 11.8. The fourth-order valence-electron chi connectivity index (χ4n) is 3.32. The van der Waals surface area contributed by atoms with E-state index >= 15 is 0 Å². The van der Waals surface area contributed by atoms with Crippen molar-refractivity contribution in [2.75, 3.05) is 5.75 Å². The van der Waals surface area contributed by atoms with Crippen molar-refractivity contribution in [3.63, 3.8) is 0 Å². The average Bonchev–Trinajstić information content (AvgIpc) is 3.19. The van der Waals surface area contributed by atoms with Crippen LogP contribution in [-0.2, 0) is 29.3 Å². The van der Waals surface area contributed by atoms with E-state index in [1.54, 1.807) is 11.8 Å². The lowest BCUT2D eigenvalue weighted by Crippen LogP contribution is -2.37. The van der Waals surface area contributed by atoms with Crippen molar-refractivity contribution in [3.8, 4) is 0 Å². The van der Waals surface area contributed by atoms with Gasteiger partial charge >= 0.3 is 12.0 Å². The van der Waals surface area contributed by atoms with E-state index in [0.29, 0.717) is 12.8 Å². The number of thioether (sulfide) groups is 1. The molecular weight excluding hydrogens is 402 g/mol. The highest BCUT2D eigenvalue weighted by Crippen LogP contribution is 2.33. The largest absolute Gasteiger partial charge is 0.333 e. The number of hydrogen-bond acceptors (Lipinski definition) is 8. The molecule has 4 amide bonds. The Morgan fingerprint density at radius 1 is 1.26 bits per heavy atom. The van der Waals surface area contributed by atoms with Crippen molar-refractivity contribution in [1.82, 2.24) is 15.7 Å². The molecule has 3 rings (SSSR count). The molecule has 3 fully saturated rings. The molecule has 0 bridgehead atoms. The van der Waals surface area contributed by atoms with E-state index in [2.05, 4.69) is 15.5 Å². The lowest BCUT2D eigenvalue weighted by Gasteiger charge is -2.16. The number of hydrogen-bond donors (Lipinski definition) is 3. The summed E-state index contributed by atoms with van der Waals surface area (Å²) < 4.78 is 31.0. The van der Waals surface area contributed by atoms with Gasteiger partial charge in [0.25, 0.3) is 21.9 Å². The molecule has 3 N–H and O–H groups in total. The van der Waals surface area contributed by atoms with Gasteiger partial charge in [0, 0.05) is 17.4 Å². The van der Waals surface area contributed by atoms with E-state index in [9.17, 15) is 27.6 Å². The van der Waals surface area contributed by atoms with Gasteiger partial charge in [0.2, 0.25) is 0 Å². The quantitative estimate of drug-likeness (QED) is 0.207. The van der Waals surface area contributed by atoms with Gasteiger partial charge in [0.1, 0.15) is 0 Å². The van der Waals surface area contributed by atoms with Gasteiger partial charge in [-0.1, -0.05) is 6.42 Å². The summed E-state index contributed by atoms with van der Waals surface area (Å²) in [5.74, 6) is -2.26. The first-order valence-corrected chi connectivity index (χ1v) is 10.9. The normalized spacial score (nSPS) is 30.3. The van der Waals surface area contributed by atoms with Crippen LogP contribution in [0.5, 0.6) is 0 Å². The smallest absolute Gasteiger partial charge is 0.332 e. The van der Waals surface area contributed by atoms with Crippen LogP contribution in [0.4, 0.5) is 4.79 Å². The third-order valence-electron chi connectivity index (χ3n) is 4.67. The highest BCUT2D eigenvalue weighted by atomic mass is 32.2. The molecule has 3 heterocycles. The summed E-state index contributed by atoms with van der Waals surface area (Å²) in [5.41, 5.74) is 0. The Hall–Kier alpha value is -1.86. The summed E-state index contributed by atoms with van der Waals surface area (Å²) in [5, 5.41) is 4.15. The summed E-state index contributed by atoms with van der Waals surface area (Å²) in [6.07, 6.45) is 1.11. The summed E-state index contributed by atoms with van der Waals surface area (Å²) in [4.78, 5) is 51.2. The number of amides is 4. The van der Waals surface area contributed by atoms with Crippen LogP contribution in [0.25, 0.3) is 0 Å². The number of carbonyl (C=O) groups is 4. The van der Waals surface area contributed by atoms with E-state index < -0.39 is 39.6 Å². The van der Waals surface area contributed by atoms with Crippen LogP contribution < -0.4 is 10.6 Å². The summed E-state index contributed by atoms with van der Waals surface area (Å²) in [6, 6.07) is 0.0362. The first-order chi connectivity index (χ1) is 12.7. The second-order valence-corrected chi connectivity index (χ2v) is 9.44. The number of imide groups is 1. The zero-order valence-electron chi connectivity index (χ0n) is 14.1. The van der Waals surface area contributed by atoms with E-state index in [1.165, 1.54) is 0 Å². The number of fused-ring (bicyclic) bond motifs is 1. The first-order valence-electron chi connectivity index (χ1n) is 8.39. The summed E-state index contributed by atoms with van der Waals surface area (Å²) in [6.45, 7) is 0. The Morgan fingerprint density at radius 2 is 2.00 bits per heavy atom. The van der Waals surface area contributed by atoms with Gasteiger partial charge in [-0.3, -0.25) is 14.1 Å². The lowest BCUT2D eigenvalue weighted by atomic mass is 10.0. The number of rotatable bonds is 7. The van der Waals surface area contributed by atoms with E-state index in [1.807, 2.05) is 0 Å². The number of unbranched alkanes of at least 4 members (excludes halogenated alkanes) is 1. The third-order valence-corrected chi connectivity index (χ3v) is 7.27. The minimum Gasteiger partial charge on any atom is -0.332 e. The average molecular weight is 421 g/mol. The molecule has 3 aliphatic rings. The van der Waals surface area contributed by atoms with E-state index in [-0.39, 0.29) is 34.8 Å². The molecule has 0 aliphatic carbocycles. The second kappa shape index (κ2) is 7.64. The fraction of sp³-hybridized carbons (Fsp3) is 0.714. The van der Waals surface area contributed by atoms with Crippen LogP contribution in [0.2, 0.25) is 0 Å². The highest BCUT2D eigenvalue weighted by molar-refractivity contribution is 8.00. The van der Waals surface area contributed by atoms with Crippen LogP contribution >= 0.6 is 11.8 Å². The lowest BCUT2D eigenvalue weighted by molar-refractivity contribution is -0.197. The molecule has 0 aromatic carbocycles. The highest BCUT2D eigenvalue weighted by Gasteiger charge is 2.48. The Bertz CT molecular complexity index is 770. The van der Waals surface area contributed by atoms with Crippen molar-refractivity contribution < 1.29 is 37.0 Å². The minimum absolute atomic E-state index is 0.0519. The Kier molecular flexibility index (Phi) is 5.63. The number of carbonyl (C=O) groups excluding carboxylic acids is 4. The van der Waals surface area contributed by atoms with E-state index in [0.717, 1.165) is 12.2 Å². The van der Waals surface area contributed by atoms with Gasteiger partial charge in [-0.25, -0.2) is 9.59 Å². The molecule has 0 radical (unpaired) electrons. The molecule has 0 aromatic rings. The molecule has 3 saturated heterocycles. The van der Waals surface area contributed by atoms with Crippen molar-refractivity contribution in [2.24, 2.45) is 0 Å². The van der Waals surface area contributed by atoms with Crippen molar-refractivity contribution >= 4 is 45.7 Å². The first kappa shape index (κ1) is 19.9. The number of nitrogens with one attached hydrogen (secondary N) is 2. The van der Waals surface area contributed by atoms with Crippen LogP contribution in [0.3, 0.4) is 0 Å². The molecule has 13 heteroatoms. The van der Waals surface area contributed by atoms with E-state index in [4.69, 9.17) is 4.55 Å². The van der Waals surface area contributed by atoms with Gasteiger partial charge in [-0.05, 0) is 12.8 Å². The molecule has 4 atom stereocenters. The third kappa shape index (κ3) is 4.35. The van der Waals surface area contributed by atoms with Crippen LogP contribution in [0, 0.1) is 0 Å². The Labute approximate surface area is 159 Å². The molecule has 27 heavy (non-hydrogen) atoms. The monoisotopic (exact) mass is 421 g/mol. The standard InChI is InChI=1S/C14H19N3O8S2/c18-10-5-9(27(22,23)24)13(20)17(10)25-11(19)4-2-1-3-8-12-7(6-26-8)15-14(21)16-12/h7-9,12H,1-6H2,(H2,15,16,21)(H,22,23,24)/t7-,8-,9+,12-/m0/s1. The Balaban J connectivity index is 1.40. The number of nitrogens with zero attached hydrogens (tertiary/aromatic N) is 1. The van der Waals surface area contributed by atoms with Crippen molar-refractivity contribution in [2.45, 2.75) is 54.7 Å². The topological polar surface area (TPSA) is 159 Å². The van der Waals surface area contributed by atoms with Crippen LogP contribution in [0.1, 0.15) is 32.1 Å². The Morgan fingerprint density at radius 3 is 2.67 bits per heavy atom. The van der Waals surface area contributed by atoms with Crippen LogP contribution in [-0.4, -0.2) is 70.2 Å². The minimum atomic E-state index is -4.74. The van der Waals surface area contributed by atoms with Gasteiger partial charge in [0.05, 0.1) is 18.5 Å². The van der Waals surface area contributed by atoms with Gasteiger partial charge < -0.3 is 15.5 Å². The number of hydroxylamine groups is 2. The number of urea groups is 1. The van der Waals surface area contributed by atoms with Crippen molar-refractivity contribution in [1.29, 1.82) is 0 Å². The zero-order chi connectivity index (χ0) is 19.8. The summed E-state index contributed by atoms with van der Waals surface area (Å²) in [7, 11) is -4.74. The molecule has 3 aliphatic heterocycles. The van der Waals surface area contributed by atoms with Gasteiger partial charge in [0.15, 0.2) is 5.25 Å². The fourth-order valence-corrected chi connectivity index (χ4v) is 5.56. The maximum atomic E-state index is 11.8. The van der Waals surface area contributed by atoms with Gasteiger partial charge in [-0.15, -0.1) is 5.06 Å².